The van der Waals surface area contributed by atoms with Gasteiger partial charge in [-0.15, -0.1) is 0 Å². The Kier molecular flexibility index (Phi) is 2.35. The zero-order valence-corrected chi connectivity index (χ0v) is 8.97. The highest BCUT2D eigenvalue weighted by atomic mass is 32.2. The fraction of sp³-hybridized carbons (Fsp3) is 0. The Balaban J connectivity index is 2.66. The lowest BCUT2D eigenvalue weighted by molar-refractivity contribution is 0.483. The number of anilines is 1. The molecule has 0 fully saturated rings. The second-order valence-corrected chi connectivity index (χ2v) is 5.22. The highest BCUT2D eigenvalue weighted by Gasteiger charge is 2.11. The van der Waals surface area contributed by atoms with E-state index in [0.717, 1.165) is 0 Å². The highest BCUT2D eigenvalue weighted by Crippen LogP contribution is 2.27. The number of thiazole rings is 1. The second kappa shape index (κ2) is 3.42. The fourth-order valence-corrected chi connectivity index (χ4v) is 2.52. The molecule has 1 aromatic heterocycles. The van der Waals surface area contributed by atoms with Gasteiger partial charge in [0.05, 0.1) is 15.1 Å². The lowest BCUT2D eigenvalue weighted by Crippen LogP contribution is -2.05. The minimum absolute atomic E-state index is 0.151. The molecule has 0 aliphatic heterocycles. The Labute approximate surface area is 89.5 Å². The van der Waals surface area contributed by atoms with Crippen LogP contribution in [-0.4, -0.2) is 18.0 Å². The van der Waals surface area contributed by atoms with E-state index in [2.05, 4.69) is 10.4 Å². The molecule has 8 heteroatoms. The lowest BCUT2D eigenvalue weighted by atomic mass is 10.3. The van der Waals surface area contributed by atoms with E-state index in [4.69, 9.17) is 10.4 Å². The molecule has 4 N–H and O–H groups in total. The van der Waals surface area contributed by atoms with Crippen molar-refractivity contribution in [3.8, 4) is 0 Å². The lowest BCUT2D eigenvalue weighted by Gasteiger charge is -1.94. The average molecular weight is 245 g/mol. The van der Waals surface area contributed by atoms with Crippen molar-refractivity contribution in [1.82, 2.24) is 4.98 Å². The third-order valence-electron chi connectivity index (χ3n) is 1.78. The van der Waals surface area contributed by atoms with Crippen LogP contribution in [0.1, 0.15) is 0 Å². The Morgan fingerprint density at radius 1 is 1.47 bits per heavy atom. The van der Waals surface area contributed by atoms with Crippen molar-refractivity contribution < 1.29 is 13.0 Å². The van der Waals surface area contributed by atoms with Crippen LogP contribution in [0.3, 0.4) is 0 Å². The SMILES string of the molecule is NNc1nc2ccc(S(=O)(=O)O)cc2s1. The summed E-state index contributed by atoms with van der Waals surface area (Å²) in [5.74, 6) is 5.17. The van der Waals surface area contributed by atoms with Crippen LogP contribution < -0.4 is 11.3 Å². The summed E-state index contributed by atoms with van der Waals surface area (Å²) >= 11 is 1.20. The minimum atomic E-state index is -4.16. The van der Waals surface area contributed by atoms with E-state index in [9.17, 15) is 8.42 Å². The summed E-state index contributed by atoms with van der Waals surface area (Å²) in [6, 6.07) is 4.15. The molecule has 0 saturated heterocycles. The summed E-state index contributed by atoms with van der Waals surface area (Å²) in [5.41, 5.74) is 3.00. The smallest absolute Gasteiger partial charge is 0.294 e. The summed E-state index contributed by atoms with van der Waals surface area (Å²) < 4.78 is 31.2. The van der Waals surface area contributed by atoms with Crippen molar-refractivity contribution in [3.63, 3.8) is 0 Å². The normalized spacial score (nSPS) is 11.9. The van der Waals surface area contributed by atoms with Crippen molar-refractivity contribution in [2.75, 3.05) is 5.43 Å². The summed E-state index contributed by atoms with van der Waals surface area (Å²) in [7, 11) is -4.16. The number of benzene rings is 1. The molecule has 1 aromatic carbocycles. The van der Waals surface area contributed by atoms with Gasteiger partial charge in [0.25, 0.3) is 10.1 Å². The molecule has 0 atom stereocenters. The van der Waals surface area contributed by atoms with Gasteiger partial charge in [0, 0.05) is 0 Å². The fourth-order valence-electron chi connectivity index (χ4n) is 1.13. The van der Waals surface area contributed by atoms with Gasteiger partial charge in [0.2, 0.25) is 0 Å². The van der Waals surface area contributed by atoms with E-state index < -0.39 is 10.1 Å². The quantitative estimate of drug-likeness (QED) is 0.411. The second-order valence-electron chi connectivity index (χ2n) is 2.77. The average Bonchev–Trinajstić information content (AvgIpc) is 2.57. The Morgan fingerprint density at radius 3 is 2.80 bits per heavy atom. The molecule has 0 aliphatic rings. The molecule has 2 rings (SSSR count). The Hall–Kier alpha value is -1.22. The maximum absolute atomic E-state index is 10.9. The number of hydrazine groups is 1. The predicted molar refractivity (Wildman–Crippen MR) is 57.2 cm³/mol. The number of hydrogen-bond donors (Lipinski definition) is 3. The number of nitrogens with one attached hydrogen (secondary N) is 1. The van der Waals surface area contributed by atoms with Crippen LogP contribution >= 0.6 is 11.3 Å². The molecule has 0 spiro atoms. The van der Waals surface area contributed by atoms with Crippen LogP contribution in [-0.2, 0) is 10.1 Å². The number of nitrogen functional groups attached to an aromatic ring is 1. The van der Waals surface area contributed by atoms with Gasteiger partial charge < -0.3 is 0 Å². The summed E-state index contributed by atoms with van der Waals surface area (Å²) in [4.78, 5) is 3.91. The van der Waals surface area contributed by atoms with Crippen LogP contribution in [0.15, 0.2) is 23.1 Å². The monoisotopic (exact) mass is 245 g/mol. The first-order valence-corrected chi connectivity index (χ1v) is 6.11. The molecule has 0 unspecified atom stereocenters. The van der Waals surface area contributed by atoms with E-state index in [1.54, 1.807) is 0 Å². The zero-order chi connectivity index (χ0) is 11.1. The van der Waals surface area contributed by atoms with Crippen molar-refractivity contribution in [1.29, 1.82) is 0 Å². The predicted octanol–water partition coefficient (Wildman–Crippen LogP) is 0.829. The van der Waals surface area contributed by atoms with Gasteiger partial charge >= 0.3 is 0 Å². The van der Waals surface area contributed by atoms with Gasteiger partial charge in [-0.1, -0.05) is 11.3 Å². The molecule has 0 aliphatic carbocycles. The van der Waals surface area contributed by atoms with Gasteiger partial charge in [0.15, 0.2) is 5.13 Å². The van der Waals surface area contributed by atoms with Gasteiger partial charge in [-0.05, 0) is 18.2 Å². The third-order valence-corrected chi connectivity index (χ3v) is 3.58. The first-order chi connectivity index (χ1) is 7.00. The molecule has 0 amide bonds. The summed E-state index contributed by atoms with van der Waals surface area (Å²) in [6.07, 6.45) is 0. The van der Waals surface area contributed by atoms with Gasteiger partial charge in [-0.2, -0.15) is 8.42 Å². The Bertz CT molecular complexity index is 605. The van der Waals surface area contributed by atoms with Crippen molar-refractivity contribution >= 4 is 36.8 Å². The van der Waals surface area contributed by atoms with E-state index in [-0.39, 0.29) is 4.90 Å². The van der Waals surface area contributed by atoms with E-state index in [0.29, 0.717) is 15.3 Å². The molecule has 15 heavy (non-hydrogen) atoms. The number of nitrogens with two attached hydrogens (primary N) is 1. The van der Waals surface area contributed by atoms with Crippen LogP contribution in [0.25, 0.3) is 10.2 Å². The van der Waals surface area contributed by atoms with Crippen molar-refractivity contribution in [3.05, 3.63) is 18.2 Å². The Morgan fingerprint density at radius 2 is 2.20 bits per heavy atom. The maximum Gasteiger partial charge on any atom is 0.294 e. The molecular weight excluding hydrogens is 238 g/mol. The summed E-state index contributed by atoms with van der Waals surface area (Å²) in [5, 5.41) is 0.484. The molecule has 6 nitrogen and oxygen atoms in total. The van der Waals surface area contributed by atoms with Gasteiger partial charge in [-0.3, -0.25) is 9.98 Å². The van der Waals surface area contributed by atoms with Crippen LogP contribution in [0.5, 0.6) is 0 Å². The number of nitrogens with zero attached hydrogens (tertiary/aromatic N) is 1. The molecule has 0 radical (unpaired) electrons. The topological polar surface area (TPSA) is 105 Å². The molecule has 2 aromatic rings. The first kappa shape index (κ1) is 10.3. The number of rotatable bonds is 2. The van der Waals surface area contributed by atoms with E-state index in [1.807, 2.05) is 0 Å². The van der Waals surface area contributed by atoms with Crippen LogP contribution in [0, 0.1) is 0 Å². The maximum atomic E-state index is 10.9. The van der Waals surface area contributed by atoms with Gasteiger partial charge in [0.1, 0.15) is 0 Å². The molecule has 0 saturated carbocycles. The van der Waals surface area contributed by atoms with E-state index >= 15 is 0 Å². The number of fused-ring (bicyclic) bond motifs is 1. The van der Waals surface area contributed by atoms with Gasteiger partial charge in [-0.25, -0.2) is 10.8 Å². The number of aromatic nitrogens is 1. The minimum Gasteiger partial charge on any atom is -0.300 e. The van der Waals surface area contributed by atoms with Crippen LogP contribution in [0.4, 0.5) is 5.13 Å². The first-order valence-electron chi connectivity index (χ1n) is 3.85. The standard InChI is InChI=1S/C7H7N3O3S2/c8-10-7-9-5-2-1-4(15(11,12)13)3-6(5)14-7/h1-3H,8H2,(H,9,10)(H,11,12,13). The number of hydrogen-bond acceptors (Lipinski definition) is 6. The van der Waals surface area contributed by atoms with Crippen molar-refractivity contribution in [2.45, 2.75) is 4.90 Å². The van der Waals surface area contributed by atoms with E-state index in [1.165, 1.54) is 29.5 Å². The van der Waals surface area contributed by atoms with Crippen molar-refractivity contribution in [2.24, 2.45) is 5.84 Å². The summed E-state index contributed by atoms with van der Waals surface area (Å²) in [6.45, 7) is 0. The molecular formula is C7H7N3O3S2. The molecule has 80 valence electrons. The highest BCUT2D eigenvalue weighted by molar-refractivity contribution is 7.85. The third kappa shape index (κ3) is 1.92. The molecule has 0 bridgehead atoms. The zero-order valence-electron chi connectivity index (χ0n) is 7.34. The van der Waals surface area contributed by atoms with Crippen LogP contribution in [0.2, 0.25) is 0 Å². The molecule has 1 heterocycles. The largest absolute Gasteiger partial charge is 0.300 e.